The molecule has 9 atom stereocenters. The third kappa shape index (κ3) is 6.21. The molecule has 0 saturated carbocycles. The lowest BCUT2D eigenvalue weighted by Crippen LogP contribution is -2.56. The Balaban J connectivity index is 0.000000216. The maximum atomic E-state index is 13.9. The van der Waals surface area contributed by atoms with Gasteiger partial charge in [0.25, 0.3) is 11.1 Å². The van der Waals surface area contributed by atoms with Crippen LogP contribution in [0.1, 0.15) is 40.2 Å². The predicted octanol–water partition coefficient (Wildman–Crippen LogP) is -1.65. The van der Waals surface area contributed by atoms with Gasteiger partial charge in [0.05, 0.1) is 19.3 Å². The number of H-pyrrole nitrogens is 2. The zero-order valence-corrected chi connectivity index (χ0v) is 25.9. The molecule has 0 amide bonds. The molecule has 0 spiro atoms. The molecule has 6 N–H and O–H groups in total. The molecular weight excluding hydrogens is 649 g/mol. The maximum absolute atomic E-state index is 13.9. The molecule has 3 fully saturated rings. The molecule has 0 radical (unpaired) electrons. The summed E-state index contributed by atoms with van der Waals surface area (Å²) in [6, 6.07) is 2.07. The van der Waals surface area contributed by atoms with Gasteiger partial charge in [0.2, 0.25) is 0 Å². The van der Waals surface area contributed by atoms with E-state index in [0.29, 0.717) is 0 Å². The van der Waals surface area contributed by atoms with Gasteiger partial charge >= 0.3 is 19.2 Å². The second kappa shape index (κ2) is 12.6. The van der Waals surface area contributed by atoms with Gasteiger partial charge in [-0.15, -0.1) is 0 Å². The minimum Gasteiger partial charge on any atom is -0.393 e. The van der Waals surface area contributed by atoms with Crippen LogP contribution in [0.4, 0.5) is 8.78 Å². The first-order valence-corrected chi connectivity index (χ1v) is 15.2. The van der Waals surface area contributed by atoms with Gasteiger partial charge in [-0.25, -0.2) is 22.9 Å². The number of ether oxygens (including phenoxy) is 2. The lowest BCUT2D eigenvalue weighted by atomic mass is 9.88. The van der Waals surface area contributed by atoms with Crippen molar-refractivity contribution in [3.8, 4) is 0 Å². The number of aliphatic hydroxyl groups excluding tert-OH is 2. The molecule has 0 aromatic carbocycles. The quantitative estimate of drug-likeness (QED) is 0.179. The van der Waals surface area contributed by atoms with E-state index in [1.165, 1.54) is 6.92 Å². The standard InChI is InChI=1S/C14H20FN2O8P.C11H15FN2O6/c1-8(2)24-26(21)22-7-14(6-15)10(25-26)13(3,20)11(23-14)17-5-4-9(18)16-12(17)19;1-10(19)7(17)11(4-12,5-15)20-8(10)14-3-2-6(16)13-9(14)18/h4-5,8,10-11,20H,6-7H2,1-3H3,(H,16,18,19);2-3,7-8,15,17,19H,4-5H2,1H3,(H,13,16,18)/t10-,11+,13+,14+,26?;7-,8+,10+,11+/m00/s1. The van der Waals surface area contributed by atoms with E-state index in [1.54, 1.807) is 13.8 Å². The summed E-state index contributed by atoms with van der Waals surface area (Å²) < 4.78 is 67.7. The van der Waals surface area contributed by atoms with Crippen LogP contribution in [0.25, 0.3) is 0 Å². The van der Waals surface area contributed by atoms with Crippen LogP contribution in [0.2, 0.25) is 0 Å². The number of rotatable bonds is 7. The Bertz CT molecular complexity index is 1700. The fraction of sp³-hybridized carbons (Fsp3) is 0.680. The third-order valence-corrected chi connectivity index (χ3v) is 9.32. The molecule has 3 saturated heterocycles. The zero-order valence-electron chi connectivity index (χ0n) is 25.0. The van der Waals surface area contributed by atoms with Crippen molar-refractivity contribution in [3.05, 3.63) is 66.2 Å². The highest BCUT2D eigenvalue weighted by Crippen LogP contribution is 2.62. The summed E-state index contributed by atoms with van der Waals surface area (Å²) in [6.07, 6.45) is -4.42. The zero-order chi connectivity index (χ0) is 34.5. The van der Waals surface area contributed by atoms with Crippen molar-refractivity contribution in [3.63, 3.8) is 0 Å². The Kier molecular flexibility index (Phi) is 9.85. The van der Waals surface area contributed by atoms with E-state index in [0.717, 1.165) is 40.6 Å². The second-order valence-electron chi connectivity index (χ2n) is 11.7. The van der Waals surface area contributed by atoms with Crippen molar-refractivity contribution in [2.45, 2.75) is 80.9 Å². The Morgan fingerprint density at radius 3 is 1.91 bits per heavy atom. The minimum absolute atomic E-state index is 0.511. The fourth-order valence-corrected chi connectivity index (χ4v) is 7.15. The molecule has 5 heterocycles. The summed E-state index contributed by atoms with van der Waals surface area (Å²) in [5.41, 5.74) is -10.9. The molecule has 258 valence electrons. The second-order valence-corrected chi connectivity index (χ2v) is 13.3. The summed E-state index contributed by atoms with van der Waals surface area (Å²) in [6.45, 7) is 1.83. The summed E-state index contributed by atoms with van der Waals surface area (Å²) in [5, 5.41) is 40.4. The van der Waals surface area contributed by atoms with Crippen LogP contribution >= 0.6 is 7.82 Å². The van der Waals surface area contributed by atoms with Crippen LogP contribution < -0.4 is 22.5 Å². The maximum Gasteiger partial charge on any atom is 0.475 e. The van der Waals surface area contributed by atoms with Crippen molar-refractivity contribution in [2.75, 3.05) is 26.6 Å². The van der Waals surface area contributed by atoms with Crippen molar-refractivity contribution >= 4 is 7.82 Å². The minimum atomic E-state index is -4.06. The highest BCUT2D eigenvalue weighted by Gasteiger charge is 2.68. The third-order valence-electron chi connectivity index (χ3n) is 7.72. The number of alkyl halides is 2. The highest BCUT2D eigenvalue weighted by atomic mass is 31.2. The molecule has 21 heteroatoms. The smallest absolute Gasteiger partial charge is 0.393 e. The number of phosphoric acid groups is 1. The Morgan fingerprint density at radius 1 is 0.978 bits per heavy atom. The van der Waals surface area contributed by atoms with Crippen LogP contribution in [0.15, 0.2) is 43.7 Å². The Labute approximate surface area is 257 Å². The molecule has 1 unspecified atom stereocenters. The van der Waals surface area contributed by atoms with Crippen LogP contribution in [0, 0.1) is 0 Å². The predicted molar refractivity (Wildman–Crippen MR) is 149 cm³/mol. The molecule has 3 aliphatic heterocycles. The van der Waals surface area contributed by atoms with E-state index < -0.39 is 110 Å². The number of aromatic nitrogens is 4. The average molecular weight is 685 g/mol. The molecule has 0 aliphatic carbocycles. The van der Waals surface area contributed by atoms with Gasteiger partial charge in [-0.1, -0.05) is 0 Å². The van der Waals surface area contributed by atoms with Gasteiger partial charge in [-0.05, 0) is 27.7 Å². The van der Waals surface area contributed by atoms with E-state index in [4.69, 9.17) is 23.0 Å². The van der Waals surface area contributed by atoms with Crippen molar-refractivity contribution in [1.29, 1.82) is 0 Å². The first kappa shape index (κ1) is 35.9. The van der Waals surface area contributed by atoms with E-state index in [1.807, 2.05) is 9.97 Å². The molecule has 2 aromatic heterocycles. The first-order chi connectivity index (χ1) is 21.3. The van der Waals surface area contributed by atoms with Gasteiger partial charge < -0.3 is 29.9 Å². The van der Waals surface area contributed by atoms with E-state index >= 15 is 0 Å². The largest absolute Gasteiger partial charge is 0.475 e. The normalized spacial score (nSPS) is 38.8. The van der Waals surface area contributed by atoms with Crippen molar-refractivity contribution in [2.24, 2.45) is 0 Å². The van der Waals surface area contributed by atoms with E-state index in [9.17, 15) is 53.0 Å². The molecule has 5 rings (SSSR count). The molecule has 2 aromatic rings. The van der Waals surface area contributed by atoms with Gasteiger partial charge in [-0.2, -0.15) is 0 Å². The summed E-state index contributed by atoms with van der Waals surface area (Å²) in [4.78, 5) is 50.0. The monoisotopic (exact) mass is 684 g/mol. The summed E-state index contributed by atoms with van der Waals surface area (Å²) >= 11 is 0. The number of hydrogen-bond acceptors (Lipinski definition) is 14. The molecular formula is C25H35F2N4O14P. The Hall–Kier alpha value is -2.91. The molecule has 3 aliphatic rings. The number of phosphoric ester groups is 1. The number of halogens is 2. The SMILES string of the molecule is CC(C)OP1(=O)OC[C@@]2(CF)O[C@@H](n3ccc(=O)[nH]c3=O)[C@](C)(O)[C@@H]2O1.C[C@@]1(O)[C@H](O)[C@](CO)(CF)O[C@H]1n1ccc(=O)[nH]c1=O. The number of nitrogens with one attached hydrogen (secondary N) is 2. The van der Waals surface area contributed by atoms with Gasteiger partial charge in [-0.3, -0.25) is 42.3 Å². The van der Waals surface area contributed by atoms with Gasteiger partial charge in [0.1, 0.15) is 36.8 Å². The molecule has 46 heavy (non-hydrogen) atoms. The van der Waals surface area contributed by atoms with E-state index in [-0.39, 0.29) is 0 Å². The fourth-order valence-electron chi connectivity index (χ4n) is 5.42. The van der Waals surface area contributed by atoms with Crippen LogP contribution in [0.3, 0.4) is 0 Å². The number of aliphatic hydroxyl groups is 4. The topological polar surface area (TPSA) is 254 Å². The Morgan fingerprint density at radius 2 is 1.50 bits per heavy atom. The van der Waals surface area contributed by atoms with Gasteiger partial charge in [0.15, 0.2) is 23.7 Å². The van der Waals surface area contributed by atoms with Crippen LogP contribution in [-0.2, 0) is 27.6 Å². The van der Waals surface area contributed by atoms with E-state index in [2.05, 4.69) is 0 Å². The van der Waals surface area contributed by atoms with Crippen LogP contribution in [0.5, 0.6) is 0 Å². The number of fused-ring (bicyclic) bond motifs is 1. The van der Waals surface area contributed by atoms with Crippen LogP contribution in [-0.4, -0.2) is 107 Å². The number of aromatic amines is 2. The summed E-state index contributed by atoms with van der Waals surface area (Å²) in [7, 11) is -4.06. The number of nitrogens with zero attached hydrogens (tertiary/aromatic N) is 2. The van der Waals surface area contributed by atoms with Crippen molar-refractivity contribution in [1.82, 2.24) is 19.1 Å². The highest BCUT2D eigenvalue weighted by molar-refractivity contribution is 7.48. The molecule has 18 nitrogen and oxygen atoms in total. The lowest BCUT2D eigenvalue weighted by molar-refractivity contribution is -0.157. The van der Waals surface area contributed by atoms with Crippen molar-refractivity contribution < 1.29 is 56.8 Å². The molecule has 0 bridgehead atoms. The van der Waals surface area contributed by atoms with Gasteiger partial charge in [0, 0.05) is 24.5 Å². The summed E-state index contributed by atoms with van der Waals surface area (Å²) in [5.74, 6) is 0. The average Bonchev–Trinajstić information content (AvgIpc) is 3.32. The first-order valence-electron chi connectivity index (χ1n) is 13.8. The number of hydrogen-bond donors (Lipinski definition) is 6. The lowest BCUT2D eigenvalue weighted by Gasteiger charge is -2.40.